The molecular weight excluding hydrogens is 224 g/mol. The van der Waals surface area contributed by atoms with Gasteiger partial charge in [0.1, 0.15) is 17.8 Å². The molecule has 0 saturated carbocycles. The first-order valence-electron chi connectivity index (χ1n) is 4.92. The van der Waals surface area contributed by atoms with Gasteiger partial charge in [0.2, 0.25) is 11.0 Å². The van der Waals surface area contributed by atoms with E-state index >= 15 is 0 Å². The first-order chi connectivity index (χ1) is 7.59. The predicted octanol–water partition coefficient (Wildman–Crippen LogP) is 0.680. The Morgan fingerprint density at radius 2 is 2.38 bits per heavy atom. The zero-order chi connectivity index (χ0) is 11.7. The summed E-state index contributed by atoms with van der Waals surface area (Å²) in [6.07, 6.45) is 0.368. The van der Waals surface area contributed by atoms with Crippen LogP contribution >= 0.6 is 11.3 Å². The van der Waals surface area contributed by atoms with E-state index in [0.29, 0.717) is 6.42 Å². The van der Waals surface area contributed by atoms with Crippen LogP contribution in [-0.4, -0.2) is 17.1 Å². The van der Waals surface area contributed by atoms with Crippen LogP contribution in [0.25, 0.3) is 10.2 Å². The number of fused-ring (bicyclic) bond motifs is 1. The number of benzene rings is 1. The van der Waals surface area contributed by atoms with Crippen molar-refractivity contribution in [2.24, 2.45) is 12.8 Å². The summed E-state index contributed by atoms with van der Waals surface area (Å²) in [7, 11) is 1.97. The fraction of sp³-hybridized carbons (Fsp3) is 0.273. The van der Waals surface area contributed by atoms with E-state index in [9.17, 15) is 4.79 Å². The molecule has 1 atom stereocenters. The summed E-state index contributed by atoms with van der Waals surface area (Å²) in [5, 5.41) is 8.79. The number of nitrogens with two attached hydrogens (primary N) is 1. The molecule has 4 nitrogen and oxygen atoms in total. The van der Waals surface area contributed by atoms with Gasteiger partial charge in [0, 0.05) is 6.07 Å². The van der Waals surface area contributed by atoms with Crippen molar-refractivity contribution in [3.8, 4) is 0 Å². The highest BCUT2D eigenvalue weighted by Gasteiger charge is 2.17. The maximum atomic E-state index is 10.7. The summed E-state index contributed by atoms with van der Waals surface area (Å²) in [5.74, 6) is -0.960. The molecule has 0 unspecified atom stereocenters. The fourth-order valence-corrected chi connectivity index (χ4v) is 2.67. The molecule has 0 aliphatic rings. The van der Waals surface area contributed by atoms with Crippen molar-refractivity contribution >= 4 is 27.5 Å². The van der Waals surface area contributed by atoms with Gasteiger partial charge in [-0.1, -0.05) is 23.5 Å². The minimum absolute atomic E-state index is 0.368. The highest BCUT2D eigenvalue weighted by molar-refractivity contribution is 7.16. The normalized spacial score (nSPS) is 12.9. The van der Waals surface area contributed by atoms with Crippen LogP contribution in [0.3, 0.4) is 0 Å². The lowest BCUT2D eigenvalue weighted by Crippen LogP contribution is -2.32. The molecular formula is C11H13N2O2S+. The van der Waals surface area contributed by atoms with Crippen LogP contribution in [-0.2, 0) is 18.3 Å². The average molecular weight is 237 g/mol. The van der Waals surface area contributed by atoms with Crippen molar-refractivity contribution in [3.05, 3.63) is 29.3 Å². The number of nitrogens with zero attached hydrogens (tertiary/aromatic N) is 1. The largest absolute Gasteiger partial charge is 0.480 e. The Kier molecular flexibility index (Phi) is 2.89. The number of aromatic nitrogens is 1. The summed E-state index contributed by atoms with van der Waals surface area (Å²) in [6.45, 7) is 0. The third-order valence-electron chi connectivity index (χ3n) is 2.54. The number of rotatable bonds is 3. The van der Waals surface area contributed by atoms with E-state index in [0.717, 1.165) is 15.8 Å². The van der Waals surface area contributed by atoms with Crippen LogP contribution in [0, 0.1) is 0 Å². The molecule has 0 radical (unpaired) electrons. The molecule has 16 heavy (non-hydrogen) atoms. The highest BCUT2D eigenvalue weighted by Crippen LogP contribution is 2.21. The lowest BCUT2D eigenvalue weighted by molar-refractivity contribution is -0.640. The second kappa shape index (κ2) is 4.19. The molecule has 0 spiro atoms. The van der Waals surface area contributed by atoms with Gasteiger partial charge in [-0.25, -0.2) is 0 Å². The Morgan fingerprint density at radius 1 is 1.62 bits per heavy atom. The monoisotopic (exact) mass is 237 g/mol. The molecule has 1 aromatic carbocycles. The molecule has 5 heteroatoms. The van der Waals surface area contributed by atoms with E-state index in [-0.39, 0.29) is 0 Å². The smallest absolute Gasteiger partial charge is 0.320 e. The number of aliphatic carboxylic acids is 1. The minimum Gasteiger partial charge on any atom is -0.480 e. The van der Waals surface area contributed by atoms with Gasteiger partial charge in [0.05, 0.1) is 0 Å². The van der Waals surface area contributed by atoms with Gasteiger partial charge in [-0.05, 0) is 12.0 Å². The van der Waals surface area contributed by atoms with Crippen molar-refractivity contribution in [1.82, 2.24) is 0 Å². The maximum Gasteiger partial charge on any atom is 0.320 e. The number of carboxylic acids is 1. The second-order valence-electron chi connectivity index (χ2n) is 3.75. The zero-order valence-electron chi connectivity index (χ0n) is 8.88. The molecule has 0 saturated heterocycles. The van der Waals surface area contributed by atoms with Crippen LogP contribution in [0.5, 0.6) is 0 Å². The number of hydrogen-bond donors (Lipinski definition) is 2. The third kappa shape index (κ3) is 1.91. The van der Waals surface area contributed by atoms with Crippen molar-refractivity contribution in [1.29, 1.82) is 0 Å². The van der Waals surface area contributed by atoms with Crippen LogP contribution in [0.1, 0.15) is 5.56 Å². The summed E-state index contributed by atoms with van der Waals surface area (Å²) in [6, 6.07) is 5.04. The molecule has 1 aromatic heterocycles. The number of hydrogen-bond acceptors (Lipinski definition) is 3. The van der Waals surface area contributed by atoms with E-state index < -0.39 is 12.0 Å². The first-order valence-corrected chi connectivity index (χ1v) is 5.80. The molecule has 1 heterocycles. The number of carboxylic acid groups (broad SMARTS) is 1. The van der Waals surface area contributed by atoms with Crippen molar-refractivity contribution < 1.29 is 14.5 Å². The van der Waals surface area contributed by atoms with E-state index in [1.165, 1.54) is 0 Å². The fourth-order valence-electron chi connectivity index (χ4n) is 1.66. The molecule has 84 valence electrons. The molecule has 2 rings (SSSR count). The van der Waals surface area contributed by atoms with Crippen molar-refractivity contribution in [2.45, 2.75) is 12.5 Å². The Morgan fingerprint density at radius 3 is 3.06 bits per heavy atom. The molecule has 0 amide bonds. The molecule has 0 fully saturated rings. The van der Waals surface area contributed by atoms with Gasteiger partial charge in [0.25, 0.3) is 0 Å². The summed E-state index contributed by atoms with van der Waals surface area (Å²) in [4.78, 5) is 10.7. The quantitative estimate of drug-likeness (QED) is 0.771. The third-order valence-corrected chi connectivity index (χ3v) is 3.67. The van der Waals surface area contributed by atoms with Gasteiger partial charge in [0.15, 0.2) is 0 Å². The molecule has 2 aromatic rings. The molecule has 0 aliphatic carbocycles. The van der Waals surface area contributed by atoms with Gasteiger partial charge in [-0.3, -0.25) is 4.79 Å². The van der Waals surface area contributed by atoms with E-state index in [1.807, 2.05) is 35.3 Å². The summed E-state index contributed by atoms with van der Waals surface area (Å²) < 4.78 is 3.14. The molecule has 0 aliphatic heterocycles. The minimum atomic E-state index is -0.960. The molecule has 3 N–H and O–H groups in total. The van der Waals surface area contributed by atoms with Gasteiger partial charge < -0.3 is 10.8 Å². The maximum absolute atomic E-state index is 10.7. The highest BCUT2D eigenvalue weighted by atomic mass is 32.1. The van der Waals surface area contributed by atoms with E-state index in [1.54, 1.807) is 11.3 Å². The first kappa shape index (κ1) is 11.0. The average Bonchev–Trinajstić information content (AvgIpc) is 2.62. The van der Waals surface area contributed by atoms with Gasteiger partial charge in [-0.2, -0.15) is 4.57 Å². The SMILES string of the molecule is C[n+]1csc2c(C[C@H](N)C(=O)O)cccc21. The van der Waals surface area contributed by atoms with Gasteiger partial charge in [-0.15, -0.1) is 0 Å². The van der Waals surface area contributed by atoms with Crippen molar-refractivity contribution in [2.75, 3.05) is 0 Å². The van der Waals surface area contributed by atoms with E-state index in [2.05, 4.69) is 0 Å². The van der Waals surface area contributed by atoms with Crippen LogP contribution in [0.4, 0.5) is 0 Å². The Labute approximate surface area is 96.9 Å². The summed E-state index contributed by atoms with van der Waals surface area (Å²) >= 11 is 1.61. The van der Waals surface area contributed by atoms with Crippen LogP contribution in [0.2, 0.25) is 0 Å². The van der Waals surface area contributed by atoms with Crippen LogP contribution in [0.15, 0.2) is 23.7 Å². The van der Waals surface area contributed by atoms with Crippen LogP contribution < -0.4 is 10.3 Å². The Bertz CT molecular complexity index is 536. The second-order valence-corrected chi connectivity index (χ2v) is 4.60. The predicted molar refractivity (Wildman–Crippen MR) is 62.3 cm³/mol. The lowest BCUT2D eigenvalue weighted by atomic mass is 10.1. The number of aryl methyl sites for hydroxylation is 1. The lowest BCUT2D eigenvalue weighted by Gasteiger charge is -2.05. The number of thiazole rings is 1. The van der Waals surface area contributed by atoms with Crippen molar-refractivity contribution in [3.63, 3.8) is 0 Å². The van der Waals surface area contributed by atoms with E-state index in [4.69, 9.17) is 10.8 Å². The topological polar surface area (TPSA) is 67.2 Å². The molecule has 0 bridgehead atoms. The standard InChI is InChI=1S/C11H12N2O2S/c1-13-6-16-10-7(3-2-4-9(10)13)5-8(12)11(14)15/h2-4,6,8H,5,12H2,1H3/p+1/t8-/m0/s1. The summed E-state index contributed by atoms with van der Waals surface area (Å²) in [5.41, 5.74) is 9.65. The Balaban J connectivity index is 2.41. The van der Waals surface area contributed by atoms with Gasteiger partial charge >= 0.3 is 5.97 Å². The number of carbonyl (C=O) groups is 1. The Hall–Kier alpha value is -1.46. The zero-order valence-corrected chi connectivity index (χ0v) is 9.70.